The summed E-state index contributed by atoms with van der Waals surface area (Å²) in [5.74, 6) is 0.601. The molecule has 0 fully saturated rings. The minimum atomic E-state index is 0. The molecule has 1 aromatic heterocycles. The summed E-state index contributed by atoms with van der Waals surface area (Å²) in [6, 6.07) is 0. The zero-order valence-corrected chi connectivity index (χ0v) is 7.50. The quantitative estimate of drug-likeness (QED) is 0.705. The smallest absolute Gasteiger partial charge is 0.186 e. The topological polar surface area (TPSA) is 42.2 Å². The molecule has 0 bridgehead atoms. The van der Waals surface area contributed by atoms with Crippen molar-refractivity contribution >= 4 is 34.7 Å². The molecule has 0 atom stereocenters. The Labute approximate surface area is 70.3 Å². The van der Waals surface area contributed by atoms with Gasteiger partial charge in [-0.05, 0) is 0 Å². The van der Waals surface area contributed by atoms with Gasteiger partial charge in [-0.15, -0.1) is 23.7 Å². The van der Waals surface area contributed by atoms with E-state index < -0.39 is 0 Å². The number of aromatic nitrogens is 1. The minimum absolute atomic E-state index is 0. The normalized spacial score (nSPS) is 8.60. The van der Waals surface area contributed by atoms with Crippen LogP contribution in [0.4, 0.5) is 10.9 Å². The van der Waals surface area contributed by atoms with E-state index in [4.69, 9.17) is 5.73 Å². The van der Waals surface area contributed by atoms with Gasteiger partial charge in [-0.25, -0.2) is 4.98 Å². The standard InChI is InChI=1S/C5H9N3S.ClH/c1-8(2)5-7-4(6)3-9-5;/h3H,6H2,1-2H3;1H. The van der Waals surface area contributed by atoms with Gasteiger partial charge in [-0.3, -0.25) is 0 Å². The van der Waals surface area contributed by atoms with Crippen molar-refractivity contribution in [3.05, 3.63) is 5.38 Å². The highest BCUT2D eigenvalue weighted by atomic mass is 35.5. The molecule has 1 aromatic rings. The predicted octanol–water partition coefficient (Wildman–Crippen LogP) is 1.21. The molecule has 5 heteroatoms. The molecule has 0 aliphatic rings. The Balaban J connectivity index is 0.000000810. The Morgan fingerprint density at radius 2 is 2.20 bits per heavy atom. The fourth-order valence-electron chi connectivity index (χ4n) is 0.482. The monoisotopic (exact) mass is 179 g/mol. The van der Waals surface area contributed by atoms with Crippen molar-refractivity contribution < 1.29 is 0 Å². The number of hydrogen-bond donors (Lipinski definition) is 1. The van der Waals surface area contributed by atoms with Crippen LogP contribution in [-0.4, -0.2) is 19.1 Å². The summed E-state index contributed by atoms with van der Waals surface area (Å²) in [6.45, 7) is 0. The molecule has 0 amide bonds. The molecule has 0 aromatic carbocycles. The SMILES string of the molecule is CN(C)c1nc(N)cs1.Cl. The lowest BCUT2D eigenvalue weighted by Crippen LogP contribution is -2.07. The summed E-state index contributed by atoms with van der Waals surface area (Å²) in [7, 11) is 3.89. The minimum Gasteiger partial charge on any atom is -0.383 e. The van der Waals surface area contributed by atoms with Crippen LogP contribution < -0.4 is 10.6 Å². The number of nitrogens with zero attached hydrogens (tertiary/aromatic N) is 2. The third-order valence-electron chi connectivity index (χ3n) is 0.892. The summed E-state index contributed by atoms with van der Waals surface area (Å²) in [6.07, 6.45) is 0. The largest absolute Gasteiger partial charge is 0.383 e. The van der Waals surface area contributed by atoms with Gasteiger partial charge < -0.3 is 10.6 Å². The van der Waals surface area contributed by atoms with Gasteiger partial charge in [-0.2, -0.15) is 0 Å². The lowest BCUT2D eigenvalue weighted by molar-refractivity contribution is 1.11. The van der Waals surface area contributed by atoms with Crippen molar-refractivity contribution in [2.75, 3.05) is 24.7 Å². The van der Waals surface area contributed by atoms with Gasteiger partial charge in [0, 0.05) is 19.5 Å². The first-order chi connectivity index (χ1) is 4.20. The number of rotatable bonds is 1. The van der Waals surface area contributed by atoms with Crippen LogP contribution in [0.15, 0.2) is 5.38 Å². The lowest BCUT2D eigenvalue weighted by atomic mass is 10.8. The van der Waals surface area contributed by atoms with Crippen LogP contribution in [0.3, 0.4) is 0 Å². The third-order valence-corrected chi connectivity index (χ3v) is 1.92. The Hall–Kier alpha value is -0.480. The molecule has 1 heterocycles. The maximum atomic E-state index is 5.39. The van der Waals surface area contributed by atoms with Crippen LogP contribution in [-0.2, 0) is 0 Å². The molecule has 0 saturated heterocycles. The summed E-state index contributed by atoms with van der Waals surface area (Å²) in [5, 5.41) is 2.78. The molecule has 2 N–H and O–H groups in total. The van der Waals surface area contributed by atoms with Gasteiger partial charge in [0.05, 0.1) is 0 Å². The molecule has 58 valence electrons. The van der Waals surface area contributed by atoms with Crippen molar-refractivity contribution in [2.24, 2.45) is 0 Å². The van der Waals surface area contributed by atoms with Crippen LogP contribution in [0, 0.1) is 0 Å². The molecular weight excluding hydrogens is 170 g/mol. The first kappa shape index (κ1) is 9.52. The van der Waals surface area contributed by atoms with Crippen molar-refractivity contribution in [2.45, 2.75) is 0 Å². The van der Waals surface area contributed by atoms with Gasteiger partial charge in [0.1, 0.15) is 5.82 Å². The first-order valence-electron chi connectivity index (χ1n) is 2.58. The Morgan fingerprint density at radius 3 is 2.40 bits per heavy atom. The molecule has 0 saturated carbocycles. The van der Waals surface area contributed by atoms with Gasteiger partial charge in [0.2, 0.25) is 0 Å². The number of halogens is 1. The second kappa shape index (κ2) is 3.63. The second-order valence-corrected chi connectivity index (χ2v) is 2.79. The van der Waals surface area contributed by atoms with Crippen molar-refractivity contribution in [1.29, 1.82) is 0 Å². The zero-order valence-electron chi connectivity index (χ0n) is 5.87. The summed E-state index contributed by atoms with van der Waals surface area (Å²) in [5.41, 5.74) is 5.39. The Kier molecular flexibility index (Phi) is 3.46. The van der Waals surface area contributed by atoms with Crippen LogP contribution in [0.25, 0.3) is 0 Å². The molecule has 1 rings (SSSR count). The van der Waals surface area contributed by atoms with Crippen LogP contribution in [0.2, 0.25) is 0 Å². The number of nitrogen functional groups attached to an aromatic ring is 1. The van der Waals surface area contributed by atoms with E-state index in [1.807, 2.05) is 24.4 Å². The number of nitrogens with two attached hydrogens (primary N) is 1. The highest BCUT2D eigenvalue weighted by Crippen LogP contribution is 2.18. The van der Waals surface area contributed by atoms with E-state index >= 15 is 0 Å². The van der Waals surface area contributed by atoms with Crippen molar-refractivity contribution in [3.63, 3.8) is 0 Å². The third kappa shape index (κ3) is 2.04. The maximum Gasteiger partial charge on any atom is 0.186 e. The van der Waals surface area contributed by atoms with E-state index in [1.165, 1.54) is 0 Å². The van der Waals surface area contributed by atoms with E-state index in [0.717, 1.165) is 5.13 Å². The van der Waals surface area contributed by atoms with E-state index in [1.54, 1.807) is 11.3 Å². The highest BCUT2D eigenvalue weighted by Gasteiger charge is 1.97. The van der Waals surface area contributed by atoms with Crippen molar-refractivity contribution in [1.82, 2.24) is 4.98 Å². The number of anilines is 2. The fraction of sp³-hybridized carbons (Fsp3) is 0.400. The predicted molar refractivity (Wildman–Crippen MR) is 48.1 cm³/mol. The molecule has 0 aliphatic heterocycles. The summed E-state index contributed by atoms with van der Waals surface area (Å²) < 4.78 is 0. The van der Waals surface area contributed by atoms with Crippen LogP contribution in [0.1, 0.15) is 0 Å². The molecule has 0 spiro atoms. The summed E-state index contributed by atoms with van der Waals surface area (Å²) in [4.78, 5) is 5.96. The average molecular weight is 180 g/mol. The van der Waals surface area contributed by atoms with E-state index in [2.05, 4.69) is 4.98 Å². The lowest BCUT2D eigenvalue weighted by Gasteiger charge is -2.04. The van der Waals surface area contributed by atoms with Gasteiger partial charge in [0.15, 0.2) is 5.13 Å². The zero-order chi connectivity index (χ0) is 6.85. The van der Waals surface area contributed by atoms with Gasteiger partial charge in [-0.1, -0.05) is 0 Å². The maximum absolute atomic E-state index is 5.39. The number of thiazole rings is 1. The Bertz CT molecular complexity index is 199. The van der Waals surface area contributed by atoms with Gasteiger partial charge in [0.25, 0.3) is 0 Å². The van der Waals surface area contributed by atoms with Crippen LogP contribution >= 0.6 is 23.7 Å². The molecule has 0 unspecified atom stereocenters. The van der Waals surface area contributed by atoms with Crippen molar-refractivity contribution in [3.8, 4) is 0 Å². The molecular formula is C5H10ClN3S. The molecule has 10 heavy (non-hydrogen) atoms. The molecule has 3 nitrogen and oxygen atoms in total. The van der Waals surface area contributed by atoms with E-state index in [0.29, 0.717) is 5.82 Å². The van der Waals surface area contributed by atoms with Gasteiger partial charge >= 0.3 is 0 Å². The van der Waals surface area contributed by atoms with E-state index in [9.17, 15) is 0 Å². The Morgan fingerprint density at radius 1 is 1.60 bits per heavy atom. The average Bonchev–Trinajstić information content (AvgIpc) is 2.14. The highest BCUT2D eigenvalue weighted by molar-refractivity contribution is 7.14. The molecule has 0 radical (unpaired) electrons. The van der Waals surface area contributed by atoms with E-state index in [-0.39, 0.29) is 12.4 Å². The summed E-state index contributed by atoms with van der Waals surface area (Å²) >= 11 is 1.55. The number of hydrogen-bond acceptors (Lipinski definition) is 4. The molecule has 0 aliphatic carbocycles. The first-order valence-corrected chi connectivity index (χ1v) is 3.46. The second-order valence-electron chi connectivity index (χ2n) is 1.95. The van der Waals surface area contributed by atoms with Crippen LogP contribution in [0.5, 0.6) is 0 Å². The fourth-order valence-corrected chi connectivity index (χ4v) is 1.13.